The molecule has 33 heavy (non-hydrogen) atoms. The Morgan fingerprint density at radius 2 is 1.76 bits per heavy atom. The third kappa shape index (κ3) is 4.46. The second kappa shape index (κ2) is 9.27. The molecule has 0 radical (unpaired) electrons. The molecule has 4 atom stereocenters. The number of aliphatic hydroxyl groups excluding tert-OH is 1. The fraction of sp³-hybridized carbons (Fsp3) is 0.385. The Balaban J connectivity index is 1.25. The summed E-state index contributed by atoms with van der Waals surface area (Å²) in [5.74, 6) is 1.85. The third-order valence-electron chi connectivity index (χ3n) is 6.68. The van der Waals surface area contributed by atoms with Gasteiger partial charge in [0.25, 0.3) is 5.91 Å². The van der Waals surface area contributed by atoms with E-state index in [2.05, 4.69) is 10.2 Å². The van der Waals surface area contributed by atoms with Gasteiger partial charge in [0.05, 0.1) is 18.4 Å². The highest BCUT2D eigenvalue weighted by Crippen LogP contribution is 2.39. The molecule has 7 nitrogen and oxygen atoms in total. The molecule has 0 bridgehead atoms. The van der Waals surface area contributed by atoms with E-state index in [1.165, 1.54) is 0 Å². The molecular weight excluding hydrogens is 418 g/mol. The van der Waals surface area contributed by atoms with E-state index in [4.69, 9.17) is 9.47 Å². The van der Waals surface area contributed by atoms with Crippen LogP contribution in [0.4, 0.5) is 0 Å². The van der Waals surface area contributed by atoms with Gasteiger partial charge >= 0.3 is 0 Å². The van der Waals surface area contributed by atoms with Crippen LogP contribution in [0.2, 0.25) is 0 Å². The number of amides is 1. The zero-order valence-electron chi connectivity index (χ0n) is 18.7. The van der Waals surface area contributed by atoms with E-state index in [1.807, 2.05) is 72.5 Å². The minimum Gasteiger partial charge on any atom is -0.490 e. The zero-order valence-corrected chi connectivity index (χ0v) is 18.7. The molecule has 5 rings (SSSR count). The van der Waals surface area contributed by atoms with Crippen molar-refractivity contribution in [2.75, 3.05) is 19.7 Å². The number of aromatic nitrogens is 2. The number of likely N-dealkylation sites (tertiary alicyclic amines) is 1. The van der Waals surface area contributed by atoms with Crippen LogP contribution in [0.15, 0.2) is 60.7 Å². The van der Waals surface area contributed by atoms with Crippen molar-refractivity contribution in [3.8, 4) is 22.8 Å². The quantitative estimate of drug-likeness (QED) is 0.601. The molecule has 2 aliphatic rings. The van der Waals surface area contributed by atoms with Gasteiger partial charge in [0, 0.05) is 18.7 Å². The summed E-state index contributed by atoms with van der Waals surface area (Å²) in [5, 5.41) is 18.0. The van der Waals surface area contributed by atoms with E-state index in [0.29, 0.717) is 49.7 Å². The molecule has 1 saturated heterocycles. The lowest BCUT2D eigenvalue weighted by Gasteiger charge is -2.35. The van der Waals surface area contributed by atoms with Crippen LogP contribution < -0.4 is 9.47 Å². The van der Waals surface area contributed by atoms with Gasteiger partial charge < -0.3 is 19.5 Å². The first kappa shape index (κ1) is 21.5. The summed E-state index contributed by atoms with van der Waals surface area (Å²) >= 11 is 0. The van der Waals surface area contributed by atoms with Crippen molar-refractivity contribution in [1.29, 1.82) is 0 Å². The lowest BCUT2D eigenvalue weighted by molar-refractivity contribution is -0.0242. The second-order valence-corrected chi connectivity index (χ2v) is 8.84. The van der Waals surface area contributed by atoms with E-state index >= 15 is 0 Å². The number of benzene rings is 2. The number of rotatable bonds is 6. The molecule has 1 aliphatic heterocycles. The number of nitrogens with zero attached hydrogens (tertiary/aromatic N) is 2. The molecule has 7 heteroatoms. The van der Waals surface area contributed by atoms with Gasteiger partial charge in [-0.05, 0) is 49.8 Å². The number of fused-ring (bicyclic) bond motifs is 1. The maximum Gasteiger partial charge on any atom is 0.271 e. The van der Waals surface area contributed by atoms with E-state index < -0.39 is 6.10 Å². The van der Waals surface area contributed by atoms with Gasteiger partial charge in [0.1, 0.15) is 11.8 Å². The fourth-order valence-corrected chi connectivity index (χ4v) is 5.03. The number of aromatic amines is 1. The predicted octanol–water partition coefficient (Wildman–Crippen LogP) is 3.77. The summed E-state index contributed by atoms with van der Waals surface area (Å²) in [6.07, 6.45) is 0.426. The number of para-hydroxylation sites is 2. The number of hydrogen-bond acceptors (Lipinski definition) is 5. The van der Waals surface area contributed by atoms with Crippen LogP contribution in [0.25, 0.3) is 11.3 Å². The van der Waals surface area contributed by atoms with Gasteiger partial charge in [0.2, 0.25) is 0 Å². The molecule has 2 aromatic carbocycles. The van der Waals surface area contributed by atoms with Gasteiger partial charge in [-0.25, -0.2) is 0 Å². The number of carbonyl (C=O) groups is 1. The number of hydrogen-bond donors (Lipinski definition) is 2. The van der Waals surface area contributed by atoms with Crippen LogP contribution in [-0.2, 0) is 0 Å². The van der Waals surface area contributed by atoms with Gasteiger partial charge in [0.15, 0.2) is 11.5 Å². The minimum atomic E-state index is -0.576. The van der Waals surface area contributed by atoms with Gasteiger partial charge in [-0.2, -0.15) is 5.10 Å². The second-order valence-electron chi connectivity index (χ2n) is 8.84. The Labute approximate surface area is 193 Å². The van der Waals surface area contributed by atoms with Gasteiger partial charge in [-0.1, -0.05) is 42.5 Å². The average molecular weight is 448 g/mol. The lowest BCUT2D eigenvalue weighted by Crippen LogP contribution is -2.42. The van der Waals surface area contributed by atoms with Crippen LogP contribution in [0, 0.1) is 11.8 Å². The van der Waals surface area contributed by atoms with Crippen molar-refractivity contribution < 1.29 is 19.4 Å². The Morgan fingerprint density at radius 3 is 2.52 bits per heavy atom. The number of nitrogens with one attached hydrogen (secondary N) is 1. The zero-order chi connectivity index (χ0) is 22.8. The molecule has 3 aromatic rings. The average Bonchev–Trinajstić information content (AvgIpc) is 3.48. The molecule has 1 saturated carbocycles. The first-order valence-corrected chi connectivity index (χ1v) is 11.6. The Hall–Kier alpha value is -3.32. The largest absolute Gasteiger partial charge is 0.490 e. The molecule has 172 valence electrons. The standard InChI is InChI=1S/C26H29N3O4/c1-2-32-23-10-6-7-11-24(23)33-25-13-19-16-29(15-18(19)12-22(25)30)26(31)21-14-20(27-28-21)17-8-4-3-5-9-17/h3-11,14,18-19,22,25,30H,2,12-13,15-16H2,1H3,(H,27,28)/t18-,19+,22+,25+/m0/s1. The topological polar surface area (TPSA) is 87.7 Å². The summed E-state index contributed by atoms with van der Waals surface area (Å²) in [5.41, 5.74) is 2.22. The van der Waals surface area contributed by atoms with Gasteiger partial charge in [-0.3, -0.25) is 9.89 Å². The SMILES string of the molecule is CCOc1ccccc1O[C@@H]1C[C@@H]2CN(C(=O)c3cc(-c4ccccc4)n[nH]3)C[C@@H]2C[C@H]1O. The van der Waals surface area contributed by atoms with E-state index in [9.17, 15) is 9.90 Å². The Bertz CT molecular complexity index is 1100. The van der Waals surface area contributed by atoms with Crippen LogP contribution in [0.1, 0.15) is 30.3 Å². The van der Waals surface area contributed by atoms with Crippen LogP contribution in [0.3, 0.4) is 0 Å². The minimum absolute atomic E-state index is 0.0484. The first-order valence-electron chi connectivity index (χ1n) is 11.6. The van der Waals surface area contributed by atoms with Gasteiger partial charge in [-0.15, -0.1) is 0 Å². The van der Waals surface area contributed by atoms with E-state index in [0.717, 1.165) is 11.3 Å². The summed E-state index contributed by atoms with van der Waals surface area (Å²) in [4.78, 5) is 15.0. The van der Waals surface area contributed by atoms with E-state index in [-0.39, 0.29) is 23.8 Å². The monoisotopic (exact) mass is 447 g/mol. The maximum atomic E-state index is 13.2. The predicted molar refractivity (Wildman–Crippen MR) is 124 cm³/mol. The van der Waals surface area contributed by atoms with Crippen molar-refractivity contribution in [2.45, 2.75) is 32.0 Å². The first-order chi connectivity index (χ1) is 16.1. The molecule has 2 N–H and O–H groups in total. The normalized spacial score (nSPS) is 24.4. The molecule has 2 heterocycles. The molecular formula is C26H29N3O4. The summed E-state index contributed by atoms with van der Waals surface area (Å²) in [7, 11) is 0. The highest BCUT2D eigenvalue weighted by Gasteiger charge is 2.44. The number of aliphatic hydroxyl groups is 1. The van der Waals surface area contributed by atoms with Crippen molar-refractivity contribution in [2.24, 2.45) is 11.8 Å². The number of carbonyl (C=O) groups excluding carboxylic acids is 1. The molecule has 1 aliphatic carbocycles. The van der Waals surface area contributed by atoms with Crippen molar-refractivity contribution >= 4 is 5.91 Å². The maximum absolute atomic E-state index is 13.2. The smallest absolute Gasteiger partial charge is 0.271 e. The lowest BCUT2D eigenvalue weighted by atomic mass is 9.78. The molecule has 0 unspecified atom stereocenters. The summed E-state index contributed by atoms with van der Waals surface area (Å²) < 4.78 is 11.9. The van der Waals surface area contributed by atoms with Crippen molar-refractivity contribution in [3.05, 3.63) is 66.4 Å². The van der Waals surface area contributed by atoms with Crippen molar-refractivity contribution in [1.82, 2.24) is 15.1 Å². The van der Waals surface area contributed by atoms with Crippen LogP contribution >= 0.6 is 0 Å². The molecule has 1 aromatic heterocycles. The third-order valence-corrected chi connectivity index (χ3v) is 6.68. The molecule has 0 spiro atoms. The fourth-order valence-electron chi connectivity index (χ4n) is 5.03. The van der Waals surface area contributed by atoms with Crippen LogP contribution in [-0.4, -0.2) is 58.0 Å². The highest BCUT2D eigenvalue weighted by atomic mass is 16.5. The van der Waals surface area contributed by atoms with E-state index in [1.54, 1.807) is 0 Å². The number of H-pyrrole nitrogens is 1. The Kier molecular flexibility index (Phi) is 6.05. The molecule has 2 fully saturated rings. The summed E-state index contributed by atoms with van der Waals surface area (Å²) in [6.45, 7) is 3.78. The van der Waals surface area contributed by atoms with Crippen molar-refractivity contribution in [3.63, 3.8) is 0 Å². The Morgan fingerprint density at radius 1 is 1.06 bits per heavy atom. The summed E-state index contributed by atoms with van der Waals surface area (Å²) in [6, 6.07) is 19.2. The highest BCUT2D eigenvalue weighted by molar-refractivity contribution is 5.93. The molecule has 1 amide bonds. The number of ether oxygens (including phenoxy) is 2. The van der Waals surface area contributed by atoms with Crippen LogP contribution in [0.5, 0.6) is 11.5 Å².